The molecule has 182 valence electrons. The summed E-state index contributed by atoms with van der Waals surface area (Å²) in [6.45, 7) is 1.88. The third-order valence-corrected chi connectivity index (χ3v) is 5.65. The van der Waals surface area contributed by atoms with Gasteiger partial charge in [0.15, 0.2) is 5.82 Å². The van der Waals surface area contributed by atoms with Crippen molar-refractivity contribution in [1.82, 2.24) is 30.2 Å². The van der Waals surface area contributed by atoms with Crippen molar-refractivity contribution in [3.63, 3.8) is 0 Å². The number of hydrogen-bond acceptors (Lipinski definition) is 9. The number of aromatic nitrogens is 4. The fraction of sp³-hybridized carbons (Fsp3) is 0.304. The zero-order chi connectivity index (χ0) is 24.9. The smallest absolute Gasteiger partial charge is 0.252 e. The SMILES string of the molecule is COc1cc(C(=O)NC2CCN(C)CC2)ccc1Nc1ncc(C(N)=O)c(-c2nccc(F)n2)n1. The van der Waals surface area contributed by atoms with Crippen LogP contribution in [0.5, 0.6) is 5.75 Å². The molecule has 35 heavy (non-hydrogen) atoms. The second kappa shape index (κ2) is 10.4. The van der Waals surface area contributed by atoms with Crippen LogP contribution in [0.1, 0.15) is 33.6 Å². The quantitative estimate of drug-likeness (QED) is 0.430. The zero-order valence-corrected chi connectivity index (χ0v) is 19.3. The molecule has 3 heterocycles. The van der Waals surface area contributed by atoms with Crippen molar-refractivity contribution in [2.45, 2.75) is 18.9 Å². The van der Waals surface area contributed by atoms with Gasteiger partial charge in [-0.2, -0.15) is 9.37 Å². The highest BCUT2D eigenvalue weighted by Crippen LogP contribution is 2.29. The molecule has 4 N–H and O–H groups in total. The maximum absolute atomic E-state index is 13.6. The molecule has 1 aliphatic rings. The third kappa shape index (κ3) is 5.66. The Bertz CT molecular complexity index is 1250. The van der Waals surface area contributed by atoms with E-state index in [2.05, 4.69) is 42.5 Å². The number of hydrogen-bond donors (Lipinski definition) is 3. The van der Waals surface area contributed by atoms with Crippen LogP contribution in [0.15, 0.2) is 36.7 Å². The van der Waals surface area contributed by atoms with Crippen molar-refractivity contribution in [3.05, 3.63) is 53.7 Å². The van der Waals surface area contributed by atoms with E-state index in [0.29, 0.717) is 17.0 Å². The van der Waals surface area contributed by atoms with Crippen LogP contribution < -0.4 is 21.1 Å². The normalized spacial score (nSPS) is 14.4. The number of methoxy groups -OCH3 is 1. The Hall–Kier alpha value is -4.19. The molecule has 3 aromatic rings. The summed E-state index contributed by atoms with van der Waals surface area (Å²) in [6.07, 6.45) is 4.21. The first-order valence-corrected chi connectivity index (χ1v) is 10.9. The number of nitrogens with zero attached hydrogens (tertiary/aromatic N) is 5. The van der Waals surface area contributed by atoms with Gasteiger partial charge in [0.2, 0.25) is 11.9 Å². The predicted octanol–water partition coefficient (Wildman–Crippen LogP) is 1.75. The van der Waals surface area contributed by atoms with E-state index in [1.165, 1.54) is 19.5 Å². The second-order valence-electron chi connectivity index (χ2n) is 8.11. The van der Waals surface area contributed by atoms with Gasteiger partial charge in [0.05, 0.1) is 18.4 Å². The zero-order valence-electron chi connectivity index (χ0n) is 19.3. The Morgan fingerprint density at radius 2 is 1.94 bits per heavy atom. The van der Waals surface area contributed by atoms with Gasteiger partial charge in [-0.15, -0.1) is 0 Å². The molecule has 1 fully saturated rings. The number of benzene rings is 1. The number of primary amides is 1. The number of piperidine rings is 1. The van der Waals surface area contributed by atoms with Crippen LogP contribution in [0.3, 0.4) is 0 Å². The first-order valence-electron chi connectivity index (χ1n) is 10.9. The molecule has 0 radical (unpaired) electrons. The summed E-state index contributed by atoms with van der Waals surface area (Å²) in [4.78, 5) is 42.8. The number of rotatable bonds is 7. The summed E-state index contributed by atoms with van der Waals surface area (Å²) in [7, 11) is 3.54. The van der Waals surface area contributed by atoms with Crippen LogP contribution in [0.2, 0.25) is 0 Å². The van der Waals surface area contributed by atoms with Crippen LogP contribution in [0, 0.1) is 5.95 Å². The molecule has 11 nitrogen and oxygen atoms in total. The van der Waals surface area contributed by atoms with E-state index in [1.54, 1.807) is 18.2 Å². The van der Waals surface area contributed by atoms with Gasteiger partial charge in [-0.3, -0.25) is 9.59 Å². The lowest BCUT2D eigenvalue weighted by molar-refractivity contribution is 0.0915. The Kier molecular flexibility index (Phi) is 7.11. The number of anilines is 2. The topological polar surface area (TPSA) is 148 Å². The number of nitrogens with one attached hydrogen (secondary N) is 2. The predicted molar refractivity (Wildman–Crippen MR) is 126 cm³/mol. The van der Waals surface area contributed by atoms with E-state index >= 15 is 0 Å². The van der Waals surface area contributed by atoms with Crippen LogP contribution >= 0.6 is 0 Å². The number of amides is 2. The summed E-state index contributed by atoms with van der Waals surface area (Å²) in [5, 5.41) is 6.05. The van der Waals surface area contributed by atoms with E-state index in [-0.39, 0.29) is 35.0 Å². The molecule has 1 saturated heterocycles. The van der Waals surface area contributed by atoms with Gasteiger partial charge < -0.3 is 26.0 Å². The van der Waals surface area contributed by atoms with Gasteiger partial charge in [0, 0.05) is 30.1 Å². The van der Waals surface area contributed by atoms with E-state index in [9.17, 15) is 14.0 Å². The van der Waals surface area contributed by atoms with E-state index in [4.69, 9.17) is 10.5 Å². The van der Waals surface area contributed by atoms with E-state index < -0.39 is 11.9 Å². The average molecular weight is 481 g/mol. The maximum Gasteiger partial charge on any atom is 0.252 e. The molecule has 4 rings (SSSR count). The molecule has 0 spiro atoms. The Labute approximate surface area is 201 Å². The minimum atomic E-state index is -0.808. The first-order chi connectivity index (χ1) is 16.8. The summed E-state index contributed by atoms with van der Waals surface area (Å²) in [5.41, 5.74) is 6.24. The molecule has 0 bridgehead atoms. The van der Waals surface area contributed by atoms with Crippen LogP contribution in [-0.2, 0) is 0 Å². The standard InChI is InChI=1S/C23H25FN8O3/c1-32-9-6-14(7-10-32)28-22(34)13-3-4-16(17(11-13)35-2)29-23-27-12-15(20(25)33)19(31-23)21-26-8-5-18(24)30-21/h3-5,8,11-12,14H,6-7,9-10H2,1-2H3,(H2,25,33)(H,28,34)(H,27,29,31). The third-order valence-electron chi connectivity index (χ3n) is 5.65. The lowest BCUT2D eigenvalue weighted by atomic mass is 10.0. The summed E-state index contributed by atoms with van der Waals surface area (Å²) in [5.74, 6) is -1.44. The van der Waals surface area contributed by atoms with Crippen molar-refractivity contribution >= 4 is 23.5 Å². The van der Waals surface area contributed by atoms with Crippen molar-refractivity contribution in [2.24, 2.45) is 5.73 Å². The van der Waals surface area contributed by atoms with Gasteiger partial charge in [-0.1, -0.05) is 0 Å². The molecular weight excluding hydrogens is 455 g/mol. The lowest BCUT2D eigenvalue weighted by Gasteiger charge is -2.29. The minimum Gasteiger partial charge on any atom is -0.495 e. The molecule has 0 atom stereocenters. The number of carbonyl (C=O) groups is 2. The van der Waals surface area contributed by atoms with Gasteiger partial charge in [-0.05, 0) is 51.2 Å². The number of likely N-dealkylation sites (tertiary alicyclic amines) is 1. The first kappa shape index (κ1) is 24.0. The van der Waals surface area contributed by atoms with Crippen LogP contribution in [0.25, 0.3) is 11.5 Å². The summed E-state index contributed by atoms with van der Waals surface area (Å²) in [6, 6.07) is 6.13. The highest BCUT2D eigenvalue weighted by molar-refractivity contribution is 5.98. The van der Waals surface area contributed by atoms with E-state index in [1.807, 2.05) is 0 Å². The highest BCUT2D eigenvalue weighted by atomic mass is 19.1. The number of ether oxygens (including phenoxy) is 1. The minimum absolute atomic E-state index is 0.0254. The van der Waals surface area contributed by atoms with Crippen molar-refractivity contribution in [2.75, 3.05) is 32.6 Å². The van der Waals surface area contributed by atoms with Gasteiger partial charge in [-0.25, -0.2) is 15.0 Å². The van der Waals surface area contributed by atoms with E-state index in [0.717, 1.165) is 32.0 Å². The van der Waals surface area contributed by atoms with Crippen LogP contribution in [-0.4, -0.2) is 69.9 Å². The molecule has 2 amide bonds. The Morgan fingerprint density at radius 3 is 2.63 bits per heavy atom. The van der Waals surface area contributed by atoms with Crippen molar-refractivity contribution in [1.29, 1.82) is 0 Å². The summed E-state index contributed by atoms with van der Waals surface area (Å²) < 4.78 is 19.1. The number of carbonyl (C=O) groups excluding carboxylic acids is 2. The molecule has 12 heteroatoms. The lowest BCUT2D eigenvalue weighted by Crippen LogP contribution is -2.43. The fourth-order valence-electron chi connectivity index (χ4n) is 3.72. The molecule has 0 unspecified atom stereocenters. The Morgan fingerprint density at radius 1 is 1.17 bits per heavy atom. The number of halogens is 1. The fourth-order valence-corrected chi connectivity index (χ4v) is 3.72. The van der Waals surface area contributed by atoms with Crippen molar-refractivity contribution < 1.29 is 18.7 Å². The van der Waals surface area contributed by atoms with Gasteiger partial charge >= 0.3 is 0 Å². The second-order valence-corrected chi connectivity index (χ2v) is 8.11. The number of nitrogens with two attached hydrogens (primary N) is 1. The Balaban J connectivity index is 1.56. The molecule has 0 aliphatic carbocycles. The van der Waals surface area contributed by atoms with Gasteiger partial charge in [0.1, 0.15) is 11.4 Å². The maximum atomic E-state index is 13.6. The van der Waals surface area contributed by atoms with Gasteiger partial charge in [0.25, 0.3) is 11.8 Å². The molecule has 2 aromatic heterocycles. The monoisotopic (exact) mass is 480 g/mol. The molecular formula is C23H25FN8O3. The molecule has 1 aliphatic heterocycles. The largest absolute Gasteiger partial charge is 0.495 e. The average Bonchev–Trinajstić information content (AvgIpc) is 2.85. The van der Waals surface area contributed by atoms with Crippen LogP contribution in [0.4, 0.5) is 16.0 Å². The highest BCUT2D eigenvalue weighted by Gasteiger charge is 2.21. The summed E-state index contributed by atoms with van der Waals surface area (Å²) >= 11 is 0. The molecule has 0 saturated carbocycles. The van der Waals surface area contributed by atoms with Crippen molar-refractivity contribution in [3.8, 4) is 17.3 Å². The molecule has 1 aromatic carbocycles.